The minimum absolute atomic E-state index is 0.173. The largest absolute Gasteiger partial charge is 0.461 e. The molecule has 2 nitrogen and oxygen atoms in total. The highest BCUT2D eigenvalue weighted by Gasteiger charge is 2.14. The fourth-order valence-corrected chi connectivity index (χ4v) is 1.67. The molecule has 0 aliphatic heterocycles. The molecule has 0 unspecified atom stereocenters. The first-order valence-electron chi connectivity index (χ1n) is 5.58. The Morgan fingerprint density at radius 2 is 1.76 bits per heavy atom. The molecule has 0 heterocycles. The van der Waals surface area contributed by atoms with Gasteiger partial charge in [0.15, 0.2) is 0 Å². The van der Waals surface area contributed by atoms with Gasteiger partial charge in [-0.25, -0.2) is 4.79 Å². The van der Waals surface area contributed by atoms with Crippen LogP contribution in [0.3, 0.4) is 0 Å². The SMILES string of the molecule is CCOC(=O)/C(F)=C(\C)c1cc(C)cc(C)c1. The van der Waals surface area contributed by atoms with E-state index in [0.717, 1.165) is 11.1 Å². The lowest BCUT2D eigenvalue weighted by Gasteiger charge is -2.07. The van der Waals surface area contributed by atoms with Gasteiger partial charge in [-0.3, -0.25) is 0 Å². The standard InChI is InChI=1S/C14H17FO2/c1-5-17-14(16)13(15)11(4)12-7-9(2)6-10(3)8-12/h6-8H,5H2,1-4H3/b13-11-. The molecule has 1 aromatic carbocycles. The van der Waals surface area contributed by atoms with Gasteiger partial charge >= 0.3 is 5.97 Å². The zero-order chi connectivity index (χ0) is 13.0. The number of hydrogen-bond acceptors (Lipinski definition) is 2. The number of ether oxygens (including phenoxy) is 1. The molecule has 0 atom stereocenters. The third-order valence-corrected chi connectivity index (χ3v) is 2.44. The molecule has 0 N–H and O–H groups in total. The van der Waals surface area contributed by atoms with Crippen LogP contribution in [0.5, 0.6) is 0 Å². The van der Waals surface area contributed by atoms with Gasteiger partial charge in [-0.2, -0.15) is 4.39 Å². The van der Waals surface area contributed by atoms with Crippen LogP contribution in [-0.2, 0) is 9.53 Å². The van der Waals surface area contributed by atoms with Gasteiger partial charge in [0.1, 0.15) is 0 Å². The Morgan fingerprint density at radius 1 is 1.24 bits per heavy atom. The first-order chi connectivity index (χ1) is 7.95. The number of carbonyl (C=O) groups is 1. The van der Waals surface area contributed by atoms with Crippen molar-refractivity contribution in [2.45, 2.75) is 27.7 Å². The number of halogens is 1. The molecule has 92 valence electrons. The quantitative estimate of drug-likeness (QED) is 0.592. The Kier molecular flexibility index (Phi) is 4.44. The molecular formula is C14H17FO2. The number of carbonyl (C=O) groups excluding carboxylic acids is 1. The summed E-state index contributed by atoms with van der Waals surface area (Å²) in [5.74, 6) is -1.72. The average Bonchev–Trinajstić information content (AvgIpc) is 2.26. The molecule has 0 bridgehead atoms. The second kappa shape index (κ2) is 5.62. The molecule has 1 aromatic rings. The van der Waals surface area contributed by atoms with E-state index in [9.17, 15) is 9.18 Å². The van der Waals surface area contributed by atoms with E-state index >= 15 is 0 Å². The van der Waals surface area contributed by atoms with Crippen molar-refractivity contribution in [3.63, 3.8) is 0 Å². The second-order valence-corrected chi connectivity index (χ2v) is 4.04. The van der Waals surface area contributed by atoms with Crippen molar-refractivity contribution in [2.75, 3.05) is 6.61 Å². The van der Waals surface area contributed by atoms with E-state index in [1.54, 1.807) is 13.8 Å². The smallest absolute Gasteiger partial charge is 0.367 e. The summed E-state index contributed by atoms with van der Waals surface area (Å²) < 4.78 is 18.4. The lowest BCUT2D eigenvalue weighted by atomic mass is 10.0. The van der Waals surface area contributed by atoms with Crippen LogP contribution in [0.15, 0.2) is 24.0 Å². The zero-order valence-electron chi connectivity index (χ0n) is 10.6. The van der Waals surface area contributed by atoms with Crippen molar-refractivity contribution in [1.29, 1.82) is 0 Å². The summed E-state index contributed by atoms with van der Waals surface area (Å²) in [6, 6.07) is 5.70. The van der Waals surface area contributed by atoms with E-state index in [-0.39, 0.29) is 6.61 Å². The lowest BCUT2D eigenvalue weighted by molar-refractivity contribution is -0.140. The van der Waals surface area contributed by atoms with Crippen molar-refractivity contribution in [3.05, 3.63) is 40.7 Å². The Bertz CT molecular complexity index is 441. The molecule has 0 saturated heterocycles. The normalized spacial score (nSPS) is 12.1. The van der Waals surface area contributed by atoms with Gasteiger partial charge in [-0.1, -0.05) is 29.3 Å². The van der Waals surface area contributed by atoms with Gasteiger partial charge in [-0.15, -0.1) is 0 Å². The van der Waals surface area contributed by atoms with E-state index in [1.807, 2.05) is 32.0 Å². The van der Waals surface area contributed by atoms with Crippen molar-refractivity contribution < 1.29 is 13.9 Å². The number of esters is 1. The first-order valence-corrected chi connectivity index (χ1v) is 5.58. The van der Waals surface area contributed by atoms with Gasteiger partial charge in [-0.05, 0) is 38.8 Å². The van der Waals surface area contributed by atoms with Crippen LogP contribution >= 0.6 is 0 Å². The molecule has 0 amide bonds. The van der Waals surface area contributed by atoms with E-state index in [2.05, 4.69) is 4.74 Å². The van der Waals surface area contributed by atoms with Crippen LogP contribution in [0.2, 0.25) is 0 Å². The van der Waals surface area contributed by atoms with Crippen LogP contribution in [0.1, 0.15) is 30.5 Å². The van der Waals surface area contributed by atoms with Crippen molar-refractivity contribution in [1.82, 2.24) is 0 Å². The highest BCUT2D eigenvalue weighted by Crippen LogP contribution is 2.22. The summed E-state index contributed by atoms with van der Waals surface area (Å²) in [6.07, 6.45) is 0. The van der Waals surface area contributed by atoms with E-state index in [1.165, 1.54) is 0 Å². The highest BCUT2D eigenvalue weighted by atomic mass is 19.1. The summed E-state index contributed by atoms with van der Waals surface area (Å²) in [4.78, 5) is 11.3. The lowest BCUT2D eigenvalue weighted by Crippen LogP contribution is -2.06. The summed E-state index contributed by atoms with van der Waals surface area (Å²) in [6.45, 7) is 7.28. The second-order valence-electron chi connectivity index (χ2n) is 4.04. The van der Waals surface area contributed by atoms with Crippen molar-refractivity contribution in [3.8, 4) is 0 Å². The molecule has 0 saturated carbocycles. The van der Waals surface area contributed by atoms with E-state index < -0.39 is 11.8 Å². The number of aryl methyl sites for hydroxylation is 2. The van der Waals surface area contributed by atoms with Gasteiger partial charge in [0, 0.05) is 0 Å². The first kappa shape index (κ1) is 13.4. The van der Waals surface area contributed by atoms with Crippen LogP contribution in [0, 0.1) is 13.8 Å². The Hall–Kier alpha value is -1.64. The van der Waals surface area contributed by atoms with Gasteiger partial charge < -0.3 is 4.74 Å². The minimum atomic E-state index is -0.899. The Balaban J connectivity index is 3.13. The van der Waals surface area contributed by atoms with Gasteiger partial charge in [0.2, 0.25) is 5.83 Å². The third-order valence-electron chi connectivity index (χ3n) is 2.44. The average molecular weight is 236 g/mol. The minimum Gasteiger partial charge on any atom is -0.461 e. The molecule has 0 radical (unpaired) electrons. The maximum atomic E-state index is 13.7. The summed E-state index contributed by atoms with van der Waals surface area (Å²) >= 11 is 0. The molecule has 3 heteroatoms. The number of allylic oxidation sites excluding steroid dienone is 1. The maximum Gasteiger partial charge on any atom is 0.367 e. The van der Waals surface area contributed by atoms with Crippen LogP contribution in [0.4, 0.5) is 4.39 Å². The molecule has 0 fully saturated rings. The summed E-state index contributed by atoms with van der Waals surface area (Å²) in [5.41, 5.74) is 3.11. The number of rotatable bonds is 3. The zero-order valence-corrected chi connectivity index (χ0v) is 10.6. The van der Waals surface area contributed by atoms with Crippen LogP contribution < -0.4 is 0 Å². The monoisotopic (exact) mass is 236 g/mol. The van der Waals surface area contributed by atoms with Crippen molar-refractivity contribution in [2.24, 2.45) is 0 Å². The van der Waals surface area contributed by atoms with Crippen LogP contribution in [-0.4, -0.2) is 12.6 Å². The van der Waals surface area contributed by atoms with E-state index in [0.29, 0.717) is 11.1 Å². The molecular weight excluding hydrogens is 219 g/mol. The van der Waals surface area contributed by atoms with E-state index in [4.69, 9.17) is 0 Å². The predicted molar refractivity (Wildman–Crippen MR) is 66.3 cm³/mol. The maximum absolute atomic E-state index is 13.7. The van der Waals surface area contributed by atoms with Gasteiger partial charge in [0.25, 0.3) is 0 Å². The Labute approximate surface area is 101 Å². The van der Waals surface area contributed by atoms with Crippen LogP contribution in [0.25, 0.3) is 5.57 Å². The molecule has 0 aromatic heterocycles. The molecule has 17 heavy (non-hydrogen) atoms. The predicted octanol–water partition coefficient (Wildman–Crippen LogP) is 3.57. The highest BCUT2D eigenvalue weighted by molar-refractivity contribution is 5.94. The molecule has 0 aliphatic carbocycles. The van der Waals surface area contributed by atoms with Gasteiger partial charge in [0.05, 0.1) is 6.61 Å². The molecule has 0 spiro atoms. The fraction of sp³-hybridized carbons (Fsp3) is 0.357. The molecule has 1 rings (SSSR count). The number of hydrogen-bond donors (Lipinski definition) is 0. The third kappa shape index (κ3) is 3.41. The fourth-order valence-electron chi connectivity index (χ4n) is 1.67. The topological polar surface area (TPSA) is 26.3 Å². The summed E-state index contributed by atoms with van der Waals surface area (Å²) in [5, 5.41) is 0. The molecule has 0 aliphatic rings. The Morgan fingerprint density at radius 3 is 2.24 bits per heavy atom. The van der Waals surface area contributed by atoms with Crippen molar-refractivity contribution >= 4 is 11.5 Å². The number of benzene rings is 1. The summed E-state index contributed by atoms with van der Waals surface area (Å²) in [7, 11) is 0.